The smallest absolute Gasteiger partial charge is 0.171 e. The minimum absolute atomic E-state index is 0.659. The fraction of sp³-hybridized carbons (Fsp3) is 0.273. The molecule has 4 heteroatoms. The van der Waals surface area contributed by atoms with Gasteiger partial charge in [-0.25, -0.2) is 9.13 Å². The Labute approximate surface area is 155 Å². The molecule has 0 atom stereocenters. The van der Waals surface area contributed by atoms with Crippen LogP contribution in [0.5, 0.6) is 0 Å². The Morgan fingerprint density at radius 1 is 0.692 bits per heavy atom. The van der Waals surface area contributed by atoms with E-state index in [2.05, 4.69) is 70.3 Å². The molecular formula is C22H26N2O2+2. The van der Waals surface area contributed by atoms with Crippen LogP contribution >= 0.6 is 0 Å². The van der Waals surface area contributed by atoms with Crippen LogP contribution in [-0.4, -0.2) is 20.3 Å². The van der Waals surface area contributed by atoms with Crippen LogP contribution in [0.25, 0.3) is 11.1 Å². The first-order valence-electron chi connectivity index (χ1n) is 8.94. The van der Waals surface area contributed by atoms with Crippen LogP contribution in [0.4, 0.5) is 0 Å². The molecule has 0 fully saturated rings. The summed E-state index contributed by atoms with van der Waals surface area (Å²) < 4.78 is 15.1. The highest BCUT2D eigenvalue weighted by molar-refractivity contribution is 5.60. The second-order valence-electron chi connectivity index (χ2n) is 6.18. The Hall–Kier alpha value is -2.56. The quantitative estimate of drug-likeness (QED) is 0.438. The third-order valence-corrected chi connectivity index (χ3v) is 4.27. The molecule has 0 aliphatic carbocycles. The van der Waals surface area contributed by atoms with Gasteiger partial charge in [0.05, 0.1) is 6.61 Å². The molecule has 0 saturated heterocycles. The zero-order chi connectivity index (χ0) is 18.0. The summed E-state index contributed by atoms with van der Waals surface area (Å²) in [7, 11) is 1.72. The lowest BCUT2D eigenvalue weighted by Gasteiger charge is -2.03. The molecule has 3 rings (SSSR count). The molecule has 0 radical (unpaired) electrons. The van der Waals surface area contributed by atoms with Crippen molar-refractivity contribution in [2.45, 2.75) is 19.7 Å². The lowest BCUT2D eigenvalue weighted by molar-refractivity contribution is -0.698. The van der Waals surface area contributed by atoms with Crippen LogP contribution in [-0.2, 0) is 29.2 Å². The number of benzene rings is 1. The lowest BCUT2D eigenvalue weighted by atomic mass is 10.1. The van der Waals surface area contributed by atoms with E-state index in [1.807, 2.05) is 18.2 Å². The predicted molar refractivity (Wildman–Crippen MR) is 100 cm³/mol. The molecule has 2 heterocycles. The van der Waals surface area contributed by atoms with E-state index in [4.69, 9.17) is 9.47 Å². The van der Waals surface area contributed by atoms with Crippen molar-refractivity contribution in [1.82, 2.24) is 0 Å². The SMILES string of the molecule is COCC[n+]1ccc(-c2cc[n+](CCOCc3ccccc3)cc2)cc1. The van der Waals surface area contributed by atoms with Gasteiger partial charge in [0.15, 0.2) is 37.9 Å². The van der Waals surface area contributed by atoms with Gasteiger partial charge in [-0.2, -0.15) is 0 Å². The Bertz CT molecular complexity index is 772. The minimum Gasteiger partial charge on any atom is -0.378 e. The molecule has 0 bridgehead atoms. The third-order valence-electron chi connectivity index (χ3n) is 4.27. The molecule has 26 heavy (non-hydrogen) atoms. The Morgan fingerprint density at radius 3 is 1.77 bits per heavy atom. The van der Waals surface area contributed by atoms with Crippen molar-refractivity contribution in [2.75, 3.05) is 20.3 Å². The number of pyridine rings is 2. The second kappa shape index (κ2) is 9.80. The number of aromatic nitrogens is 2. The highest BCUT2D eigenvalue weighted by atomic mass is 16.5. The molecule has 0 unspecified atom stereocenters. The number of methoxy groups -OCH3 is 1. The van der Waals surface area contributed by atoms with Crippen molar-refractivity contribution in [2.24, 2.45) is 0 Å². The van der Waals surface area contributed by atoms with Gasteiger partial charge in [-0.3, -0.25) is 0 Å². The Morgan fingerprint density at radius 2 is 1.23 bits per heavy atom. The van der Waals surface area contributed by atoms with E-state index < -0.39 is 0 Å². The van der Waals surface area contributed by atoms with Crippen molar-refractivity contribution in [3.63, 3.8) is 0 Å². The number of ether oxygens (including phenoxy) is 2. The maximum atomic E-state index is 5.75. The molecular weight excluding hydrogens is 324 g/mol. The van der Waals surface area contributed by atoms with Crippen LogP contribution in [0.1, 0.15) is 5.56 Å². The highest BCUT2D eigenvalue weighted by Gasteiger charge is 2.06. The fourth-order valence-corrected chi connectivity index (χ4v) is 2.73. The van der Waals surface area contributed by atoms with E-state index in [1.54, 1.807) is 7.11 Å². The van der Waals surface area contributed by atoms with E-state index in [1.165, 1.54) is 16.7 Å². The van der Waals surface area contributed by atoms with Crippen molar-refractivity contribution < 1.29 is 18.6 Å². The molecule has 0 N–H and O–H groups in total. The van der Waals surface area contributed by atoms with E-state index in [9.17, 15) is 0 Å². The second-order valence-corrected chi connectivity index (χ2v) is 6.18. The van der Waals surface area contributed by atoms with Gasteiger partial charge in [0, 0.05) is 31.4 Å². The molecule has 0 amide bonds. The summed E-state index contributed by atoms with van der Waals surface area (Å²) in [5.74, 6) is 0. The van der Waals surface area contributed by atoms with Crippen LogP contribution in [0.2, 0.25) is 0 Å². The van der Waals surface area contributed by atoms with E-state index in [0.717, 1.165) is 19.7 Å². The largest absolute Gasteiger partial charge is 0.378 e. The van der Waals surface area contributed by atoms with Crippen LogP contribution in [0.3, 0.4) is 0 Å². The third kappa shape index (κ3) is 5.48. The van der Waals surface area contributed by atoms with Gasteiger partial charge in [0.2, 0.25) is 0 Å². The normalized spacial score (nSPS) is 10.8. The van der Waals surface area contributed by atoms with Crippen LogP contribution in [0.15, 0.2) is 79.4 Å². The zero-order valence-corrected chi connectivity index (χ0v) is 15.3. The topological polar surface area (TPSA) is 26.2 Å². The summed E-state index contributed by atoms with van der Waals surface area (Å²) in [4.78, 5) is 0. The summed E-state index contributed by atoms with van der Waals surface area (Å²) >= 11 is 0. The van der Waals surface area contributed by atoms with Crippen molar-refractivity contribution in [3.05, 3.63) is 84.9 Å². The van der Waals surface area contributed by atoms with Gasteiger partial charge >= 0.3 is 0 Å². The first-order chi connectivity index (χ1) is 12.8. The Balaban J connectivity index is 1.48. The van der Waals surface area contributed by atoms with Crippen molar-refractivity contribution >= 4 is 0 Å². The number of rotatable bonds is 9. The number of hydrogen-bond donors (Lipinski definition) is 0. The first-order valence-corrected chi connectivity index (χ1v) is 8.94. The average Bonchev–Trinajstić information content (AvgIpc) is 2.71. The van der Waals surface area contributed by atoms with E-state index in [-0.39, 0.29) is 0 Å². The molecule has 0 saturated carbocycles. The summed E-state index contributed by atoms with van der Waals surface area (Å²) in [6, 6.07) is 18.8. The van der Waals surface area contributed by atoms with Crippen LogP contribution in [0, 0.1) is 0 Å². The monoisotopic (exact) mass is 350 g/mol. The maximum absolute atomic E-state index is 5.75. The summed E-state index contributed by atoms with van der Waals surface area (Å²) in [6.45, 7) is 3.80. The van der Waals surface area contributed by atoms with Gasteiger partial charge < -0.3 is 9.47 Å². The summed E-state index contributed by atoms with van der Waals surface area (Å²) in [5.41, 5.74) is 3.64. The highest BCUT2D eigenvalue weighted by Crippen LogP contribution is 2.15. The van der Waals surface area contributed by atoms with E-state index in [0.29, 0.717) is 13.2 Å². The number of hydrogen-bond acceptors (Lipinski definition) is 2. The molecule has 0 aliphatic rings. The molecule has 0 aliphatic heterocycles. The Kier molecular flexibility index (Phi) is 6.88. The molecule has 3 aromatic rings. The van der Waals surface area contributed by atoms with Gasteiger partial charge in [-0.05, 0) is 16.7 Å². The van der Waals surface area contributed by atoms with Crippen molar-refractivity contribution in [1.29, 1.82) is 0 Å². The average molecular weight is 350 g/mol. The summed E-state index contributed by atoms with van der Waals surface area (Å²) in [6.07, 6.45) is 8.39. The first kappa shape index (κ1) is 18.2. The van der Waals surface area contributed by atoms with Gasteiger partial charge in [-0.1, -0.05) is 30.3 Å². The molecule has 134 valence electrons. The van der Waals surface area contributed by atoms with E-state index >= 15 is 0 Å². The fourth-order valence-electron chi connectivity index (χ4n) is 2.73. The molecule has 1 aromatic carbocycles. The lowest BCUT2D eigenvalue weighted by Crippen LogP contribution is -2.35. The number of nitrogens with zero attached hydrogens (tertiary/aromatic N) is 2. The summed E-state index contributed by atoms with van der Waals surface area (Å²) in [5, 5.41) is 0. The zero-order valence-electron chi connectivity index (χ0n) is 15.3. The van der Waals surface area contributed by atoms with Gasteiger partial charge in [-0.15, -0.1) is 0 Å². The van der Waals surface area contributed by atoms with Crippen LogP contribution < -0.4 is 9.13 Å². The molecule has 0 spiro atoms. The maximum Gasteiger partial charge on any atom is 0.171 e. The van der Waals surface area contributed by atoms with Crippen molar-refractivity contribution in [3.8, 4) is 11.1 Å². The van der Waals surface area contributed by atoms with Gasteiger partial charge in [0.1, 0.15) is 13.2 Å². The minimum atomic E-state index is 0.659. The molecule has 4 nitrogen and oxygen atoms in total. The standard InChI is InChI=1S/C22H26N2O2/c1-25-17-15-23-11-7-21(8-12-23)22-9-13-24(14-10-22)16-18-26-19-20-5-3-2-4-6-20/h2-14H,15-19H2,1H3/q+2. The predicted octanol–water partition coefficient (Wildman–Crippen LogP) is 2.79. The molecule has 2 aromatic heterocycles. The van der Waals surface area contributed by atoms with Gasteiger partial charge in [0.25, 0.3) is 0 Å².